The molecule has 0 unspecified atom stereocenters. The smallest absolute Gasteiger partial charge is 0.408 e. The van der Waals surface area contributed by atoms with Crippen LogP contribution in [0.5, 0.6) is 0 Å². The number of halogens is 1. The van der Waals surface area contributed by atoms with Gasteiger partial charge < -0.3 is 30.3 Å². The first-order chi connectivity index (χ1) is 12.6. The minimum Gasteiger partial charge on any atom is -0.444 e. The topological polar surface area (TPSA) is 87.2 Å². The van der Waals surface area contributed by atoms with Crippen LogP contribution in [0.15, 0.2) is 4.99 Å². The molecule has 8 nitrogen and oxygen atoms in total. The summed E-state index contributed by atoms with van der Waals surface area (Å²) in [4.78, 5) is 18.7. The molecule has 3 N–H and O–H groups in total. The maximum Gasteiger partial charge on any atom is 0.408 e. The van der Waals surface area contributed by atoms with Gasteiger partial charge in [0.25, 0.3) is 0 Å². The van der Waals surface area contributed by atoms with Crippen LogP contribution in [-0.2, 0) is 9.47 Å². The van der Waals surface area contributed by atoms with E-state index in [4.69, 9.17) is 9.47 Å². The van der Waals surface area contributed by atoms with Crippen LogP contribution in [0, 0.1) is 0 Å². The average Bonchev–Trinajstić information content (AvgIpc) is 2.60. The Morgan fingerprint density at radius 3 is 2.18 bits per heavy atom. The van der Waals surface area contributed by atoms with Gasteiger partial charge in [0, 0.05) is 40.3 Å². The van der Waals surface area contributed by atoms with E-state index in [0.717, 1.165) is 39.1 Å². The molecule has 0 saturated carbocycles. The molecule has 0 saturated heterocycles. The normalized spacial score (nSPS) is 12.4. The van der Waals surface area contributed by atoms with Crippen LogP contribution in [0.25, 0.3) is 0 Å². The van der Waals surface area contributed by atoms with Crippen molar-refractivity contribution in [2.75, 3.05) is 54.0 Å². The van der Waals surface area contributed by atoms with Gasteiger partial charge in [0.05, 0.1) is 12.1 Å². The molecule has 0 aliphatic heterocycles. The van der Waals surface area contributed by atoms with Gasteiger partial charge in [0.2, 0.25) is 0 Å². The molecule has 168 valence electrons. The number of rotatable bonds is 11. The van der Waals surface area contributed by atoms with Gasteiger partial charge in [0.1, 0.15) is 5.60 Å². The highest BCUT2D eigenvalue weighted by Gasteiger charge is 2.30. The Morgan fingerprint density at radius 1 is 1.11 bits per heavy atom. The molecule has 0 aliphatic rings. The van der Waals surface area contributed by atoms with Gasteiger partial charge in [0.15, 0.2) is 5.96 Å². The van der Waals surface area contributed by atoms with Gasteiger partial charge in [-0.25, -0.2) is 4.79 Å². The Labute approximate surface area is 188 Å². The summed E-state index contributed by atoms with van der Waals surface area (Å²) < 4.78 is 10.5. The maximum absolute atomic E-state index is 12.2. The van der Waals surface area contributed by atoms with Crippen molar-refractivity contribution in [2.24, 2.45) is 4.99 Å². The first-order valence-electron chi connectivity index (χ1n) is 9.74. The van der Waals surface area contributed by atoms with E-state index in [1.807, 2.05) is 20.8 Å². The van der Waals surface area contributed by atoms with E-state index in [1.54, 1.807) is 14.2 Å². The molecular weight excluding hydrogens is 473 g/mol. The summed E-state index contributed by atoms with van der Waals surface area (Å²) in [6, 6.07) is 0. The molecule has 28 heavy (non-hydrogen) atoms. The van der Waals surface area contributed by atoms with Crippen LogP contribution >= 0.6 is 24.0 Å². The predicted octanol–water partition coefficient (Wildman–Crippen LogP) is 2.43. The Bertz CT molecular complexity index is 451. The molecule has 0 aromatic rings. The molecule has 0 heterocycles. The molecule has 0 aromatic carbocycles. The van der Waals surface area contributed by atoms with E-state index in [0.29, 0.717) is 12.5 Å². The number of ether oxygens (including phenoxy) is 2. The quantitative estimate of drug-likeness (QED) is 0.223. The number of carbonyl (C=O) groups excluding carboxylic acids is 1. The third kappa shape index (κ3) is 13.4. The number of likely N-dealkylation sites (N-methyl/N-ethyl adjacent to an activating group) is 1. The Morgan fingerprint density at radius 2 is 1.71 bits per heavy atom. The van der Waals surface area contributed by atoms with Crippen molar-refractivity contribution in [3.63, 3.8) is 0 Å². The van der Waals surface area contributed by atoms with E-state index < -0.39 is 17.2 Å². The van der Waals surface area contributed by atoms with Crippen LogP contribution in [0.1, 0.15) is 47.5 Å². The minimum absolute atomic E-state index is 0. The lowest BCUT2D eigenvalue weighted by molar-refractivity contribution is 0.0448. The summed E-state index contributed by atoms with van der Waals surface area (Å²) in [5, 5.41) is 9.66. The second-order valence-electron chi connectivity index (χ2n) is 7.76. The number of guanidine groups is 1. The number of hydrogen-bond donors (Lipinski definition) is 3. The van der Waals surface area contributed by atoms with Gasteiger partial charge in [-0.2, -0.15) is 0 Å². The van der Waals surface area contributed by atoms with Crippen LogP contribution < -0.4 is 16.0 Å². The fraction of sp³-hybridized carbons (Fsp3) is 0.895. The summed E-state index contributed by atoms with van der Waals surface area (Å²) >= 11 is 0. The second kappa shape index (κ2) is 15.1. The molecule has 0 fully saturated rings. The lowest BCUT2D eigenvalue weighted by atomic mass is 9.93. The first-order valence-corrected chi connectivity index (χ1v) is 9.74. The van der Waals surface area contributed by atoms with E-state index in [-0.39, 0.29) is 24.0 Å². The highest BCUT2D eigenvalue weighted by atomic mass is 127. The van der Waals surface area contributed by atoms with Crippen LogP contribution in [0.4, 0.5) is 4.79 Å². The summed E-state index contributed by atoms with van der Waals surface area (Å²) in [7, 11) is 5.50. The standard InChI is InChI=1S/C19H41N5O3.HI/c1-9-19(10-2,23-17(25)27-18(3,4)5)15-22-16(20-6)21-11-12-24(7)13-14-26-8;/h9-15H2,1-8H3,(H,23,25)(H2,20,21,22);1H. The minimum atomic E-state index is -0.517. The van der Waals surface area contributed by atoms with E-state index in [1.165, 1.54) is 0 Å². The number of carbonyl (C=O) groups is 1. The summed E-state index contributed by atoms with van der Waals surface area (Å²) in [6.45, 7) is 13.5. The molecule has 0 spiro atoms. The van der Waals surface area contributed by atoms with Crippen LogP contribution in [0.3, 0.4) is 0 Å². The number of alkyl carbamates (subject to hydrolysis) is 1. The molecule has 0 aromatic heterocycles. The number of aliphatic imine (C=N–C) groups is 1. The third-order valence-electron chi connectivity index (χ3n) is 4.40. The summed E-state index contributed by atoms with van der Waals surface area (Å²) in [6.07, 6.45) is 1.18. The SMILES string of the molecule is CCC(CC)(CNC(=NC)NCCN(C)CCOC)NC(=O)OC(C)(C)C.I. The summed E-state index contributed by atoms with van der Waals surface area (Å²) in [5.41, 5.74) is -0.910. The average molecular weight is 515 g/mol. The van der Waals surface area contributed by atoms with Gasteiger partial charge in [-0.15, -0.1) is 24.0 Å². The zero-order valence-corrected chi connectivity index (χ0v) is 21.3. The lowest BCUT2D eigenvalue weighted by Crippen LogP contribution is -2.57. The zero-order valence-electron chi connectivity index (χ0n) is 19.0. The Hall–Kier alpha value is -0.810. The molecule has 0 bridgehead atoms. The van der Waals surface area contributed by atoms with Crippen molar-refractivity contribution in [1.29, 1.82) is 0 Å². The molecule has 0 atom stereocenters. The maximum atomic E-state index is 12.2. The molecule has 9 heteroatoms. The van der Waals surface area contributed by atoms with Gasteiger partial charge in [-0.05, 0) is 40.7 Å². The highest BCUT2D eigenvalue weighted by Crippen LogP contribution is 2.16. The summed E-state index contributed by atoms with van der Waals surface area (Å²) in [5.74, 6) is 0.715. The van der Waals surface area contributed by atoms with Crippen molar-refractivity contribution >= 4 is 36.0 Å². The predicted molar refractivity (Wildman–Crippen MR) is 127 cm³/mol. The van der Waals surface area contributed by atoms with Crippen molar-refractivity contribution in [3.05, 3.63) is 0 Å². The fourth-order valence-electron chi connectivity index (χ4n) is 2.44. The van der Waals surface area contributed by atoms with E-state index in [2.05, 4.69) is 46.7 Å². The van der Waals surface area contributed by atoms with Crippen molar-refractivity contribution in [2.45, 2.75) is 58.6 Å². The number of nitrogens with one attached hydrogen (secondary N) is 3. The fourth-order valence-corrected chi connectivity index (χ4v) is 2.44. The van der Waals surface area contributed by atoms with Crippen molar-refractivity contribution in [1.82, 2.24) is 20.9 Å². The van der Waals surface area contributed by atoms with Crippen molar-refractivity contribution in [3.8, 4) is 0 Å². The van der Waals surface area contributed by atoms with Gasteiger partial charge in [-0.3, -0.25) is 4.99 Å². The van der Waals surface area contributed by atoms with E-state index >= 15 is 0 Å². The van der Waals surface area contributed by atoms with E-state index in [9.17, 15) is 4.79 Å². The molecule has 1 amide bonds. The van der Waals surface area contributed by atoms with Crippen LogP contribution in [-0.4, -0.2) is 82.1 Å². The highest BCUT2D eigenvalue weighted by molar-refractivity contribution is 14.0. The lowest BCUT2D eigenvalue weighted by Gasteiger charge is -2.34. The Balaban J connectivity index is 0. The zero-order chi connectivity index (χ0) is 20.9. The monoisotopic (exact) mass is 515 g/mol. The van der Waals surface area contributed by atoms with Gasteiger partial charge >= 0.3 is 6.09 Å². The Kier molecular flexibility index (Phi) is 15.8. The molecule has 0 aliphatic carbocycles. The molecule has 0 rings (SSSR count). The first kappa shape index (κ1) is 29.4. The molecular formula is C19H42IN5O3. The number of nitrogens with zero attached hydrogens (tertiary/aromatic N) is 2. The number of hydrogen-bond acceptors (Lipinski definition) is 5. The number of methoxy groups -OCH3 is 1. The second-order valence-corrected chi connectivity index (χ2v) is 7.76. The number of amides is 1. The van der Waals surface area contributed by atoms with Gasteiger partial charge in [-0.1, -0.05) is 13.8 Å². The molecule has 0 radical (unpaired) electrons. The van der Waals surface area contributed by atoms with Crippen molar-refractivity contribution < 1.29 is 14.3 Å². The largest absolute Gasteiger partial charge is 0.444 e. The van der Waals surface area contributed by atoms with Crippen LogP contribution in [0.2, 0.25) is 0 Å². The third-order valence-corrected chi connectivity index (χ3v) is 4.40.